The monoisotopic (exact) mass is 560 g/mol. The van der Waals surface area contributed by atoms with Crippen molar-refractivity contribution in [1.29, 1.82) is 0 Å². The molecule has 208 valence electrons. The molecule has 0 radical (unpaired) electrons. The van der Waals surface area contributed by atoms with Gasteiger partial charge in [0.25, 0.3) is 0 Å². The van der Waals surface area contributed by atoms with Gasteiger partial charge in [-0.2, -0.15) is 17.6 Å². The molecule has 0 aliphatic heterocycles. The van der Waals surface area contributed by atoms with Gasteiger partial charge >= 0.3 is 17.9 Å². The maximum absolute atomic E-state index is 13.6. The molecule has 1 atom stereocenters. The van der Waals surface area contributed by atoms with E-state index >= 15 is 0 Å². The van der Waals surface area contributed by atoms with Crippen molar-refractivity contribution < 1.29 is 46.0 Å². The Morgan fingerprint density at radius 1 is 0.650 bits per heavy atom. The number of ether oxygens (including phenoxy) is 3. The van der Waals surface area contributed by atoms with Crippen LogP contribution in [0.2, 0.25) is 0 Å². The van der Waals surface area contributed by atoms with Gasteiger partial charge in [-0.25, -0.2) is 0 Å². The number of hydrogen-bond acceptors (Lipinski definition) is 6. The molecule has 1 unspecified atom stereocenters. The van der Waals surface area contributed by atoms with Crippen LogP contribution in [0.3, 0.4) is 0 Å². The van der Waals surface area contributed by atoms with Crippen molar-refractivity contribution in [1.82, 2.24) is 0 Å². The summed E-state index contributed by atoms with van der Waals surface area (Å²) in [6.07, 6.45) is -5.92. The maximum Gasteiger partial charge on any atom is 0.461 e. The number of benzene rings is 4. The van der Waals surface area contributed by atoms with E-state index in [0.717, 1.165) is 23.6 Å². The van der Waals surface area contributed by atoms with Crippen LogP contribution in [0.15, 0.2) is 103 Å². The Labute approximate surface area is 225 Å². The van der Waals surface area contributed by atoms with Crippen LogP contribution < -0.4 is 24.8 Å². The zero-order valence-corrected chi connectivity index (χ0v) is 20.5. The van der Waals surface area contributed by atoms with Crippen LogP contribution in [0, 0.1) is 0 Å². The van der Waals surface area contributed by atoms with Gasteiger partial charge in [-0.1, -0.05) is 24.3 Å². The SMILES string of the molecule is O=C(Nc1ccc(Oc2cccc(Oc3ccc(NCOc4ccccc4)cc3)c2)cc1)C(F)(OF)C(F)(F)F. The molecular weight excluding hydrogens is 539 g/mol. The average molecular weight is 560 g/mol. The van der Waals surface area contributed by atoms with Crippen molar-refractivity contribution in [2.45, 2.75) is 12.0 Å². The first kappa shape index (κ1) is 28.2. The molecular formula is C28H21F5N2O5. The Morgan fingerprint density at radius 3 is 1.70 bits per heavy atom. The highest BCUT2D eigenvalue weighted by Crippen LogP contribution is 2.37. The number of alkyl halides is 4. The first-order chi connectivity index (χ1) is 19.2. The van der Waals surface area contributed by atoms with E-state index in [1.54, 1.807) is 41.7 Å². The normalized spacial score (nSPS) is 12.6. The first-order valence-corrected chi connectivity index (χ1v) is 11.6. The highest BCUT2D eigenvalue weighted by Gasteiger charge is 2.65. The summed E-state index contributed by atoms with van der Waals surface area (Å²) < 4.78 is 80.8. The van der Waals surface area contributed by atoms with Crippen LogP contribution in [0.5, 0.6) is 28.7 Å². The predicted octanol–water partition coefficient (Wildman–Crippen LogP) is 7.79. The highest BCUT2D eigenvalue weighted by atomic mass is 19.4. The molecule has 0 bridgehead atoms. The van der Waals surface area contributed by atoms with Gasteiger partial charge in [-0.15, -0.1) is 4.94 Å². The first-order valence-electron chi connectivity index (χ1n) is 11.6. The Hall–Kier alpha value is -4.84. The van der Waals surface area contributed by atoms with E-state index in [9.17, 15) is 26.9 Å². The summed E-state index contributed by atoms with van der Waals surface area (Å²) in [6, 6.07) is 28.1. The molecule has 1 amide bonds. The van der Waals surface area contributed by atoms with Gasteiger partial charge in [0.2, 0.25) is 0 Å². The van der Waals surface area contributed by atoms with Gasteiger partial charge in [0.15, 0.2) is 6.73 Å². The number of anilines is 2. The fourth-order valence-corrected chi connectivity index (χ4v) is 3.26. The molecule has 4 rings (SSSR count). The molecule has 2 N–H and O–H groups in total. The summed E-state index contributed by atoms with van der Waals surface area (Å²) >= 11 is 0. The standard InChI is InChI=1S/C28H21F5N2O5/c29-27(40-33,28(30,31)32)26(36)35-20-11-15-23(16-12-20)39-25-8-4-7-24(17-25)38-22-13-9-19(10-14-22)34-18-37-21-5-2-1-3-6-21/h1-17,34H,18H2,(H,35,36). The lowest BCUT2D eigenvalue weighted by molar-refractivity contribution is -0.379. The molecule has 7 nitrogen and oxygen atoms in total. The number of halogens is 5. The van der Waals surface area contributed by atoms with Crippen LogP contribution in [0.1, 0.15) is 0 Å². The summed E-state index contributed by atoms with van der Waals surface area (Å²) in [4.78, 5) is 13.8. The van der Waals surface area contributed by atoms with E-state index < -0.39 is 17.9 Å². The number of rotatable bonds is 11. The minimum Gasteiger partial charge on any atom is -0.473 e. The average Bonchev–Trinajstić information content (AvgIpc) is 2.95. The summed E-state index contributed by atoms with van der Waals surface area (Å²) in [7, 11) is 0. The number of hydrogen-bond donors (Lipinski definition) is 2. The van der Waals surface area contributed by atoms with Gasteiger partial charge in [-0.3, -0.25) is 4.79 Å². The smallest absolute Gasteiger partial charge is 0.461 e. The summed E-state index contributed by atoms with van der Waals surface area (Å²) in [6.45, 7) is 0.285. The highest BCUT2D eigenvalue weighted by molar-refractivity contribution is 5.96. The minimum atomic E-state index is -5.92. The molecule has 0 fully saturated rings. The second-order valence-corrected chi connectivity index (χ2v) is 8.13. The van der Waals surface area contributed by atoms with Gasteiger partial charge in [0.1, 0.15) is 28.7 Å². The molecule has 0 aliphatic rings. The fourth-order valence-electron chi connectivity index (χ4n) is 3.26. The molecule has 0 spiro atoms. The third-order valence-electron chi connectivity index (χ3n) is 5.26. The fraction of sp³-hybridized carbons (Fsp3) is 0.107. The minimum absolute atomic E-state index is 0.243. The van der Waals surface area contributed by atoms with E-state index in [4.69, 9.17) is 14.2 Å². The zero-order chi connectivity index (χ0) is 28.6. The maximum atomic E-state index is 13.6. The van der Waals surface area contributed by atoms with Crippen molar-refractivity contribution in [2.24, 2.45) is 0 Å². The number of para-hydroxylation sites is 1. The van der Waals surface area contributed by atoms with E-state index in [2.05, 4.69) is 10.3 Å². The number of nitrogens with one attached hydrogen (secondary N) is 2. The molecule has 4 aromatic carbocycles. The third-order valence-corrected chi connectivity index (χ3v) is 5.26. The van der Waals surface area contributed by atoms with Gasteiger partial charge < -0.3 is 24.8 Å². The molecule has 0 aromatic heterocycles. The van der Waals surface area contributed by atoms with E-state index in [-0.39, 0.29) is 18.2 Å². The topological polar surface area (TPSA) is 78.1 Å². The number of amides is 1. The summed E-state index contributed by atoms with van der Waals surface area (Å²) in [5.74, 6) is -5.12. The Bertz CT molecular complexity index is 1400. The molecule has 0 aliphatic carbocycles. The second-order valence-electron chi connectivity index (χ2n) is 8.13. The van der Waals surface area contributed by atoms with E-state index in [1.165, 1.54) is 12.1 Å². The lowest BCUT2D eigenvalue weighted by Gasteiger charge is -2.21. The second kappa shape index (κ2) is 12.3. The molecule has 0 heterocycles. The zero-order valence-electron chi connectivity index (χ0n) is 20.5. The summed E-state index contributed by atoms with van der Waals surface area (Å²) in [5, 5.41) is 4.74. The van der Waals surface area contributed by atoms with E-state index in [1.807, 2.05) is 42.5 Å². The van der Waals surface area contributed by atoms with Crippen LogP contribution in [-0.2, 0) is 9.74 Å². The predicted molar refractivity (Wildman–Crippen MR) is 136 cm³/mol. The lowest BCUT2D eigenvalue weighted by atomic mass is 10.2. The molecule has 12 heteroatoms. The van der Waals surface area contributed by atoms with Crippen LogP contribution in [-0.4, -0.2) is 24.7 Å². The van der Waals surface area contributed by atoms with Gasteiger partial charge in [0, 0.05) is 17.4 Å². The van der Waals surface area contributed by atoms with Crippen molar-refractivity contribution in [3.63, 3.8) is 0 Å². The van der Waals surface area contributed by atoms with Crippen molar-refractivity contribution >= 4 is 17.3 Å². The van der Waals surface area contributed by atoms with Crippen LogP contribution in [0.25, 0.3) is 0 Å². The molecule has 4 aromatic rings. The van der Waals surface area contributed by atoms with Gasteiger partial charge in [0.05, 0.1) is 0 Å². The Morgan fingerprint density at radius 2 is 1.18 bits per heavy atom. The van der Waals surface area contributed by atoms with Crippen molar-refractivity contribution in [2.75, 3.05) is 17.4 Å². The van der Waals surface area contributed by atoms with Crippen molar-refractivity contribution in [3.05, 3.63) is 103 Å². The summed E-state index contributed by atoms with van der Waals surface area (Å²) in [5.41, 5.74) is 0.579. The number of carbonyl (C=O) groups excluding carboxylic acids is 1. The lowest BCUT2D eigenvalue weighted by Crippen LogP contribution is -2.51. The quantitative estimate of drug-likeness (QED) is 0.144. The molecule has 40 heavy (non-hydrogen) atoms. The van der Waals surface area contributed by atoms with Crippen LogP contribution >= 0.6 is 0 Å². The van der Waals surface area contributed by atoms with Crippen molar-refractivity contribution in [3.8, 4) is 28.7 Å². The largest absolute Gasteiger partial charge is 0.473 e. The van der Waals surface area contributed by atoms with Crippen LogP contribution in [0.4, 0.5) is 33.5 Å². The Balaban J connectivity index is 1.31. The molecule has 0 saturated carbocycles. The third kappa shape index (κ3) is 7.17. The van der Waals surface area contributed by atoms with E-state index in [0.29, 0.717) is 17.2 Å². The Kier molecular flexibility index (Phi) is 8.70. The molecule has 0 saturated heterocycles. The number of carbonyl (C=O) groups is 1. The van der Waals surface area contributed by atoms with Gasteiger partial charge in [-0.05, 0) is 77.3 Å².